The van der Waals surface area contributed by atoms with Gasteiger partial charge in [-0.05, 0) is 59.0 Å². The number of nitrogens with one attached hydrogen (secondary N) is 2. The summed E-state index contributed by atoms with van der Waals surface area (Å²) < 4.78 is 1.01. The second kappa shape index (κ2) is 9.11. The molecule has 7 nitrogen and oxygen atoms in total. The van der Waals surface area contributed by atoms with Gasteiger partial charge in [-0.1, -0.05) is 18.2 Å². The molecule has 0 unspecified atom stereocenters. The Kier molecular flexibility index (Phi) is 6.30. The van der Waals surface area contributed by atoms with Crippen LogP contribution < -0.4 is 15.8 Å². The number of para-hydroxylation sites is 1. The first-order chi connectivity index (χ1) is 14.5. The van der Waals surface area contributed by atoms with Gasteiger partial charge in [0, 0.05) is 20.0 Å². The van der Waals surface area contributed by atoms with Crippen LogP contribution in [0.2, 0.25) is 0 Å². The Morgan fingerprint density at radius 1 is 1.13 bits per heavy atom. The maximum Gasteiger partial charge on any atom is 0.253 e. The Morgan fingerprint density at radius 2 is 1.90 bits per heavy atom. The maximum absolute atomic E-state index is 12.6. The number of nitrogens with zero attached hydrogens (tertiary/aromatic N) is 2. The predicted octanol–water partition coefficient (Wildman–Crippen LogP) is 2.88. The molecule has 2 aromatic carbocycles. The number of carbonyl (C=O) groups excluding carboxylic acids is 3. The van der Waals surface area contributed by atoms with E-state index in [1.807, 2.05) is 42.5 Å². The molecule has 1 atom stereocenters. The minimum Gasteiger partial charge on any atom is -0.290 e. The molecule has 2 N–H and O–H groups in total. The van der Waals surface area contributed by atoms with Gasteiger partial charge in [-0.2, -0.15) is 0 Å². The molecule has 0 spiro atoms. The van der Waals surface area contributed by atoms with E-state index in [0.717, 1.165) is 24.3 Å². The van der Waals surface area contributed by atoms with E-state index in [1.54, 1.807) is 18.3 Å². The molecule has 3 aromatic rings. The fraction of sp³-hybridized carbons (Fsp3) is 0.143. The van der Waals surface area contributed by atoms with Crippen LogP contribution in [0.4, 0.5) is 5.69 Å². The number of pyridine rings is 1. The quantitative estimate of drug-likeness (QED) is 0.220. The standard InChI is InChI=1S/C21H17IN4O3S/c22-14-6-8-15(9-7-14)26-19(28)11-16(21(26)29)24-25-18(27)12-30-17-5-1-3-13-4-2-10-23-20(13)17/h1-10,16,24H,11-12H2,(H,25,27)/t16-/m1/s1. The number of thioether (sulfide) groups is 1. The number of halogens is 1. The van der Waals surface area contributed by atoms with Crippen molar-refractivity contribution in [1.29, 1.82) is 0 Å². The van der Waals surface area contributed by atoms with E-state index in [0.29, 0.717) is 5.69 Å². The molecule has 0 bridgehead atoms. The summed E-state index contributed by atoms with van der Waals surface area (Å²) in [6.45, 7) is 0. The monoisotopic (exact) mass is 532 g/mol. The van der Waals surface area contributed by atoms with Gasteiger partial charge in [-0.25, -0.2) is 10.3 Å². The van der Waals surface area contributed by atoms with Gasteiger partial charge in [0.25, 0.3) is 5.91 Å². The number of rotatable bonds is 6. The van der Waals surface area contributed by atoms with E-state index >= 15 is 0 Å². The van der Waals surface area contributed by atoms with Crippen LogP contribution in [0.15, 0.2) is 65.7 Å². The fourth-order valence-corrected chi connectivity index (χ4v) is 4.35. The normalized spacial score (nSPS) is 16.3. The zero-order valence-corrected chi connectivity index (χ0v) is 18.6. The number of fused-ring (bicyclic) bond motifs is 1. The predicted molar refractivity (Wildman–Crippen MR) is 124 cm³/mol. The highest BCUT2D eigenvalue weighted by atomic mass is 127. The molecule has 1 aliphatic rings. The number of hydrazine groups is 1. The molecule has 1 fully saturated rings. The molecule has 0 saturated carbocycles. The summed E-state index contributed by atoms with van der Waals surface area (Å²) >= 11 is 3.52. The lowest BCUT2D eigenvalue weighted by Crippen LogP contribution is -2.48. The van der Waals surface area contributed by atoms with Gasteiger partial charge in [0.1, 0.15) is 6.04 Å². The van der Waals surface area contributed by atoms with Gasteiger partial charge in [0.15, 0.2) is 0 Å². The maximum atomic E-state index is 12.6. The number of benzene rings is 2. The van der Waals surface area contributed by atoms with Gasteiger partial charge in [-0.3, -0.25) is 24.8 Å². The fourth-order valence-electron chi connectivity index (χ4n) is 3.15. The van der Waals surface area contributed by atoms with Crippen LogP contribution >= 0.6 is 34.4 Å². The molecule has 9 heteroatoms. The Hall–Kier alpha value is -2.50. The first-order valence-electron chi connectivity index (χ1n) is 9.16. The molecule has 1 aromatic heterocycles. The highest BCUT2D eigenvalue weighted by Gasteiger charge is 2.39. The van der Waals surface area contributed by atoms with Crippen LogP contribution in [0.3, 0.4) is 0 Å². The summed E-state index contributed by atoms with van der Waals surface area (Å²) in [6, 6.07) is 16.0. The van der Waals surface area contributed by atoms with Crippen LogP contribution in [-0.2, 0) is 14.4 Å². The van der Waals surface area contributed by atoms with Crippen molar-refractivity contribution in [2.45, 2.75) is 17.4 Å². The molecular weight excluding hydrogens is 515 g/mol. The highest BCUT2D eigenvalue weighted by molar-refractivity contribution is 14.1. The molecule has 2 heterocycles. The third-order valence-corrected chi connectivity index (χ3v) is 6.34. The number of carbonyl (C=O) groups is 3. The lowest BCUT2D eigenvalue weighted by Gasteiger charge is -2.16. The van der Waals surface area contributed by atoms with Crippen molar-refractivity contribution in [1.82, 2.24) is 15.8 Å². The molecule has 1 aliphatic heterocycles. The van der Waals surface area contributed by atoms with Gasteiger partial charge >= 0.3 is 0 Å². The largest absolute Gasteiger partial charge is 0.290 e. The molecule has 152 valence electrons. The second-order valence-corrected chi connectivity index (χ2v) is 8.88. The lowest BCUT2D eigenvalue weighted by atomic mass is 10.2. The number of amides is 3. The minimum atomic E-state index is -0.787. The Morgan fingerprint density at radius 3 is 2.70 bits per heavy atom. The summed E-state index contributed by atoms with van der Waals surface area (Å²) in [5.74, 6) is -0.823. The van der Waals surface area contributed by atoms with E-state index in [2.05, 4.69) is 38.4 Å². The zero-order valence-electron chi connectivity index (χ0n) is 15.7. The van der Waals surface area contributed by atoms with Crippen molar-refractivity contribution in [3.63, 3.8) is 0 Å². The molecule has 3 amide bonds. The summed E-state index contributed by atoms with van der Waals surface area (Å²) in [6.07, 6.45) is 1.71. The summed E-state index contributed by atoms with van der Waals surface area (Å²) in [7, 11) is 0. The smallest absolute Gasteiger partial charge is 0.253 e. The number of anilines is 1. The van der Waals surface area contributed by atoms with E-state index in [-0.39, 0.29) is 29.9 Å². The van der Waals surface area contributed by atoms with Crippen LogP contribution in [0, 0.1) is 3.57 Å². The number of aromatic nitrogens is 1. The van der Waals surface area contributed by atoms with Crippen molar-refractivity contribution in [3.05, 3.63) is 64.4 Å². The minimum absolute atomic E-state index is 0.00845. The summed E-state index contributed by atoms with van der Waals surface area (Å²) in [5.41, 5.74) is 6.62. The number of hydrogen-bond donors (Lipinski definition) is 2. The average molecular weight is 532 g/mol. The van der Waals surface area contributed by atoms with E-state index < -0.39 is 6.04 Å². The van der Waals surface area contributed by atoms with Crippen molar-refractivity contribution in [3.8, 4) is 0 Å². The first-order valence-corrected chi connectivity index (χ1v) is 11.2. The molecular formula is C21H17IN4O3S. The van der Waals surface area contributed by atoms with E-state index in [1.165, 1.54) is 11.8 Å². The molecule has 4 rings (SSSR count). The first kappa shape index (κ1) is 20.8. The third kappa shape index (κ3) is 4.47. The summed E-state index contributed by atoms with van der Waals surface area (Å²) in [4.78, 5) is 43.6. The Bertz CT molecular complexity index is 1120. The zero-order chi connectivity index (χ0) is 21.1. The molecule has 0 radical (unpaired) electrons. The number of imide groups is 1. The molecule has 1 saturated heterocycles. The van der Waals surface area contributed by atoms with Crippen molar-refractivity contribution >= 4 is 68.7 Å². The van der Waals surface area contributed by atoms with Crippen LogP contribution in [0.5, 0.6) is 0 Å². The van der Waals surface area contributed by atoms with Gasteiger partial charge in [0.2, 0.25) is 11.8 Å². The lowest BCUT2D eigenvalue weighted by molar-refractivity contribution is -0.122. The van der Waals surface area contributed by atoms with Gasteiger partial charge in [0.05, 0.1) is 23.4 Å². The van der Waals surface area contributed by atoms with Crippen molar-refractivity contribution < 1.29 is 14.4 Å². The van der Waals surface area contributed by atoms with Crippen LogP contribution in [0.1, 0.15) is 6.42 Å². The summed E-state index contributed by atoms with van der Waals surface area (Å²) in [5, 5.41) is 1.01. The van der Waals surface area contributed by atoms with Crippen molar-refractivity contribution in [2.24, 2.45) is 0 Å². The Balaban J connectivity index is 1.33. The van der Waals surface area contributed by atoms with Crippen molar-refractivity contribution in [2.75, 3.05) is 10.7 Å². The van der Waals surface area contributed by atoms with Gasteiger partial charge in [-0.15, -0.1) is 11.8 Å². The second-order valence-electron chi connectivity index (χ2n) is 6.61. The Labute approximate surface area is 190 Å². The SMILES string of the molecule is O=C(CSc1cccc2cccnc12)NN[C@@H]1CC(=O)N(c2ccc(I)cc2)C1=O. The highest BCUT2D eigenvalue weighted by Crippen LogP contribution is 2.26. The third-order valence-electron chi connectivity index (χ3n) is 4.57. The average Bonchev–Trinajstić information content (AvgIpc) is 3.04. The molecule has 30 heavy (non-hydrogen) atoms. The van der Waals surface area contributed by atoms with E-state index in [9.17, 15) is 14.4 Å². The number of hydrogen-bond acceptors (Lipinski definition) is 6. The molecule has 0 aliphatic carbocycles. The topological polar surface area (TPSA) is 91.4 Å². The van der Waals surface area contributed by atoms with Crippen LogP contribution in [0.25, 0.3) is 10.9 Å². The van der Waals surface area contributed by atoms with Crippen LogP contribution in [-0.4, -0.2) is 34.5 Å². The van der Waals surface area contributed by atoms with Gasteiger partial charge < -0.3 is 0 Å². The van der Waals surface area contributed by atoms with E-state index in [4.69, 9.17) is 0 Å².